The molecule has 0 aliphatic rings. The number of nitrogens with zero attached hydrogens (tertiary/aromatic N) is 4. The Morgan fingerprint density at radius 3 is 2.71 bits per heavy atom. The third-order valence-electron chi connectivity index (χ3n) is 1.62. The van der Waals surface area contributed by atoms with Gasteiger partial charge in [0.25, 0.3) is 5.95 Å². The lowest BCUT2D eigenvalue weighted by Gasteiger charge is -2.14. The van der Waals surface area contributed by atoms with Gasteiger partial charge in [0.2, 0.25) is 5.95 Å². The molecule has 0 amide bonds. The minimum Gasteiger partial charge on any atom is -0.371 e. The minimum atomic E-state index is -0.0631. The molecule has 0 bridgehead atoms. The predicted octanol–water partition coefficient (Wildman–Crippen LogP) is -0.619. The van der Waals surface area contributed by atoms with Gasteiger partial charge in [-0.1, -0.05) is 0 Å². The quantitative estimate of drug-likeness (QED) is 0.552. The second kappa shape index (κ2) is 4.53. The van der Waals surface area contributed by atoms with Crippen LogP contribution in [0.4, 0.5) is 11.9 Å². The molecule has 8 nitrogen and oxygen atoms in total. The molecule has 1 rings (SSSR count). The second-order valence-corrected chi connectivity index (χ2v) is 2.49. The van der Waals surface area contributed by atoms with Crippen LogP contribution in [-0.2, 0) is 0 Å². The van der Waals surface area contributed by atoms with Gasteiger partial charge in [-0.2, -0.15) is 20.8 Å². The van der Waals surface area contributed by atoms with Crippen molar-refractivity contribution >= 4 is 11.9 Å². The lowest BCUT2D eigenvalue weighted by Crippen LogP contribution is -2.21. The van der Waals surface area contributed by atoms with E-state index in [2.05, 4.69) is 19.8 Å². The van der Waals surface area contributed by atoms with Gasteiger partial charge in [0, 0.05) is 13.6 Å². The Labute approximate surface area is 80.7 Å². The summed E-state index contributed by atoms with van der Waals surface area (Å²) >= 11 is 0. The Bertz CT molecular complexity index is 284. The zero-order valence-electron chi connectivity index (χ0n) is 7.93. The molecule has 0 spiro atoms. The molecule has 8 heteroatoms. The van der Waals surface area contributed by atoms with Gasteiger partial charge in [-0.25, -0.2) is 5.48 Å². The standard InChI is InChI=1S/C6H12N6O2/c1-3-12(2)5-8-4(11-13)9-6(10-5)14-7/h13H,3,7H2,1-2H3,(H,8,9,10,11). The zero-order chi connectivity index (χ0) is 10.6. The smallest absolute Gasteiger partial charge is 0.342 e. The van der Waals surface area contributed by atoms with Crippen molar-refractivity contribution in [3.05, 3.63) is 0 Å². The normalized spacial score (nSPS) is 9.71. The SMILES string of the molecule is CCN(C)c1nc(NO)nc(ON)n1. The van der Waals surface area contributed by atoms with Crippen molar-refractivity contribution in [3.8, 4) is 6.01 Å². The topological polar surface area (TPSA) is 109 Å². The van der Waals surface area contributed by atoms with E-state index < -0.39 is 0 Å². The van der Waals surface area contributed by atoms with Crippen molar-refractivity contribution in [3.63, 3.8) is 0 Å². The molecule has 0 saturated heterocycles. The van der Waals surface area contributed by atoms with Crippen LogP contribution in [0.5, 0.6) is 6.01 Å². The summed E-state index contributed by atoms with van der Waals surface area (Å²) < 4.78 is 0. The third kappa shape index (κ3) is 2.18. The largest absolute Gasteiger partial charge is 0.371 e. The molecule has 0 aliphatic carbocycles. The monoisotopic (exact) mass is 200 g/mol. The average Bonchev–Trinajstić information content (AvgIpc) is 2.27. The first kappa shape index (κ1) is 10.4. The van der Waals surface area contributed by atoms with Crippen LogP contribution in [0.15, 0.2) is 0 Å². The van der Waals surface area contributed by atoms with Gasteiger partial charge < -0.3 is 9.74 Å². The van der Waals surface area contributed by atoms with E-state index in [1.807, 2.05) is 6.92 Å². The molecule has 1 aromatic heterocycles. The van der Waals surface area contributed by atoms with Crippen molar-refractivity contribution in [2.75, 3.05) is 24.0 Å². The number of rotatable bonds is 4. The predicted molar refractivity (Wildman–Crippen MR) is 49.0 cm³/mol. The van der Waals surface area contributed by atoms with Gasteiger partial charge in [-0.05, 0) is 6.92 Å². The van der Waals surface area contributed by atoms with Crippen LogP contribution >= 0.6 is 0 Å². The molecule has 0 aliphatic heterocycles. The maximum atomic E-state index is 8.62. The summed E-state index contributed by atoms with van der Waals surface area (Å²) in [6.07, 6.45) is 0. The highest BCUT2D eigenvalue weighted by Gasteiger charge is 2.08. The van der Waals surface area contributed by atoms with Crippen molar-refractivity contribution in [2.45, 2.75) is 6.92 Å². The number of anilines is 2. The molecule has 0 saturated carbocycles. The zero-order valence-corrected chi connectivity index (χ0v) is 7.93. The molecule has 0 atom stereocenters. The molecule has 1 aromatic rings. The van der Waals surface area contributed by atoms with E-state index in [0.29, 0.717) is 12.5 Å². The van der Waals surface area contributed by atoms with E-state index in [1.165, 1.54) is 0 Å². The highest BCUT2D eigenvalue weighted by Crippen LogP contribution is 2.12. The van der Waals surface area contributed by atoms with Crippen LogP contribution in [0.2, 0.25) is 0 Å². The lowest BCUT2D eigenvalue weighted by atomic mass is 10.6. The maximum absolute atomic E-state index is 8.62. The first-order chi connectivity index (χ1) is 6.71. The number of hydrogen-bond donors (Lipinski definition) is 3. The van der Waals surface area contributed by atoms with Gasteiger partial charge >= 0.3 is 6.01 Å². The summed E-state index contributed by atoms with van der Waals surface area (Å²) in [7, 11) is 1.79. The summed E-state index contributed by atoms with van der Waals surface area (Å²) in [5.41, 5.74) is 1.80. The molecule has 4 N–H and O–H groups in total. The fourth-order valence-electron chi connectivity index (χ4n) is 0.761. The Balaban J connectivity index is 3.04. The first-order valence-electron chi connectivity index (χ1n) is 3.95. The fraction of sp³-hybridized carbons (Fsp3) is 0.500. The maximum Gasteiger partial charge on any atom is 0.342 e. The van der Waals surface area contributed by atoms with Crippen LogP contribution < -0.4 is 21.1 Å². The van der Waals surface area contributed by atoms with Gasteiger partial charge in [0.15, 0.2) is 0 Å². The Kier molecular flexibility index (Phi) is 3.37. The van der Waals surface area contributed by atoms with Crippen LogP contribution in [0.1, 0.15) is 6.92 Å². The lowest BCUT2D eigenvalue weighted by molar-refractivity contribution is 0.303. The number of nitrogens with two attached hydrogens (primary N) is 1. The van der Waals surface area contributed by atoms with E-state index >= 15 is 0 Å². The molecule has 14 heavy (non-hydrogen) atoms. The second-order valence-electron chi connectivity index (χ2n) is 2.49. The van der Waals surface area contributed by atoms with E-state index in [0.717, 1.165) is 0 Å². The average molecular weight is 200 g/mol. The molecule has 0 radical (unpaired) electrons. The summed E-state index contributed by atoms with van der Waals surface area (Å²) in [5, 5.41) is 8.62. The Morgan fingerprint density at radius 2 is 2.21 bits per heavy atom. The van der Waals surface area contributed by atoms with Crippen molar-refractivity contribution in [1.82, 2.24) is 15.0 Å². The number of nitrogens with one attached hydrogen (secondary N) is 1. The van der Waals surface area contributed by atoms with Gasteiger partial charge in [-0.15, -0.1) is 0 Å². The van der Waals surface area contributed by atoms with Gasteiger partial charge in [-0.3, -0.25) is 5.21 Å². The fourth-order valence-corrected chi connectivity index (χ4v) is 0.761. The van der Waals surface area contributed by atoms with Crippen LogP contribution in [0.25, 0.3) is 0 Å². The van der Waals surface area contributed by atoms with E-state index in [9.17, 15) is 0 Å². The van der Waals surface area contributed by atoms with Crippen molar-refractivity contribution < 1.29 is 10.0 Å². The van der Waals surface area contributed by atoms with Gasteiger partial charge in [0.1, 0.15) is 0 Å². The van der Waals surface area contributed by atoms with E-state index in [-0.39, 0.29) is 12.0 Å². The minimum absolute atomic E-state index is 0.0178. The summed E-state index contributed by atoms with van der Waals surface area (Å²) in [6.45, 7) is 2.64. The van der Waals surface area contributed by atoms with E-state index in [1.54, 1.807) is 17.4 Å². The van der Waals surface area contributed by atoms with Crippen molar-refractivity contribution in [2.24, 2.45) is 5.90 Å². The Hall–Kier alpha value is -1.67. The first-order valence-corrected chi connectivity index (χ1v) is 3.95. The molecular formula is C6H12N6O2. The van der Waals surface area contributed by atoms with Gasteiger partial charge in [0.05, 0.1) is 0 Å². The van der Waals surface area contributed by atoms with Crippen LogP contribution in [0.3, 0.4) is 0 Å². The summed E-state index contributed by atoms with van der Waals surface area (Å²) in [5.74, 6) is 5.25. The molecule has 0 unspecified atom stereocenters. The van der Waals surface area contributed by atoms with Crippen LogP contribution in [0, 0.1) is 0 Å². The highest BCUT2D eigenvalue weighted by molar-refractivity contribution is 5.36. The summed E-state index contributed by atoms with van der Waals surface area (Å²) in [4.78, 5) is 17.5. The molecular weight excluding hydrogens is 188 g/mol. The van der Waals surface area contributed by atoms with Crippen molar-refractivity contribution in [1.29, 1.82) is 0 Å². The highest BCUT2D eigenvalue weighted by atomic mass is 16.6. The van der Waals surface area contributed by atoms with E-state index in [4.69, 9.17) is 11.1 Å². The number of hydrogen-bond acceptors (Lipinski definition) is 8. The third-order valence-corrected chi connectivity index (χ3v) is 1.62. The molecule has 78 valence electrons. The Morgan fingerprint density at radius 1 is 1.50 bits per heavy atom. The number of aromatic nitrogens is 3. The summed E-state index contributed by atoms with van der Waals surface area (Å²) in [6, 6.07) is -0.0631. The molecule has 0 fully saturated rings. The molecule has 1 heterocycles. The van der Waals surface area contributed by atoms with Crippen LogP contribution in [-0.4, -0.2) is 33.8 Å². The molecule has 0 aromatic carbocycles.